The molecule has 1 saturated heterocycles. The van der Waals surface area contributed by atoms with E-state index in [0.29, 0.717) is 18.2 Å². The zero-order valence-corrected chi connectivity index (χ0v) is 11.7. The third-order valence-electron chi connectivity index (χ3n) is 3.65. The summed E-state index contributed by atoms with van der Waals surface area (Å²) in [5.41, 5.74) is 4.82. The molecule has 0 spiro atoms. The van der Waals surface area contributed by atoms with Gasteiger partial charge < -0.3 is 15.4 Å². The van der Waals surface area contributed by atoms with Gasteiger partial charge in [-0.1, -0.05) is 0 Å². The summed E-state index contributed by atoms with van der Waals surface area (Å²) in [6, 6.07) is 3.78. The standard InChI is InChI=1S/C14H18F3N3O/c1-21-8-9-4-5-20(7-9)10-2-3-12(14(15,16)17)11(6-10)13(18)19/h2-3,6,9H,4-5,7-8H2,1H3,(H3,18,19). The molecule has 1 fully saturated rings. The second kappa shape index (κ2) is 5.93. The van der Waals surface area contributed by atoms with Crippen molar-refractivity contribution in [1.29, 1.82) is 5.41 Å². The maximum atomic E-state index is 12.9. The lowest BCUT2D eigenvalue weighted by Crippen LogP contribution is -2.23. The van der Waals surface area contributed by atoms with E-state index in [9.17, 15) is 13.2 Å². The quantitative estimate of drug-likeness (QED) is 0.663. The average Bonchev–Trinajstić information content (AvgIpc) is 2.86. The summed E-state index contributed by atoms with van der Waals surface area (Å²) < 4.78 is 43.8. The van der Waals surface area contributed by atoms with Crippen molar-refractivity contribution >= 4 is 11.5 Å². The summed E-state index contributed by atoms with van der Waals surface area (Å²) in [6.45, 7) is 2.13. The Morgan fingerprint density at radius 3 is 2.76 bits per heavy atom. The number of rotatable bonds is 4. The molecule has 0 saturated carbocycles. The normalized spacial score (nSPS) is 19.0. The van der Waals surface area contributed by atoms with Gasteiger partial charge in [0.15, 0.2) is 0 Å². The van der Waals surface area contributed by atoms with E-state index in [1.54, 1.807) is 7.11 Å². The van der Waals surface area contributed by atoms with Crippen LogP contribution in [0.4, 0.5) is 18.9 Å². The highest BCUT2D eigenvalue weighted by Gasteiger charge is 2.34. The Bertz CT molecular complexity index is 531. The topological polar surface area (TPSA) is 62.3 Å². The number of nitrogen functional groups attached to an aromatic ring is 1. The molecule has 2 rings (SSSR count). The van der Waals surface area contributed by atoms with E-state index in [2.05, 4.69) is 0 Å². The molecule has 0 aliphatic carbocycles. The zero-order chi connectivity index (χ0) is 15.6. The molecule has 0 aromatic heterocycles. The van der Waals surface area contributed by atoms with Gasteiger partial charge >= 0.3 is 6.18 Å². The number of amidine groups is 1. The Labute approximate surface area is 121 Å². The molecule has 0 amide bonds. The Morgan fingerprint density at radius 1 is 1.48 bits per heavy atom. The van der Waals surface area contributed by atoms with Crippen molar-refractivity contribution in [2.45, 2.75) is 12.6 Å². The maximum Gasteiger partial charge on any atom is 0.417 e. The van der Waals surface area contributed by atoms with Gasteiger partial charge in [-0.25, -0.2) is 0 Å². The van der Waals surface area contributed by atoms with Crippen LogP contribution in [-0.2, 0) is 10.9 Å². The third kappa shape index (κ3) is 3.47. The molecule has 1 aromatic rings. The largest absolute Gasteiger partial charge is 0.417 e. The molecule has 21 heavy (non-hydrogen) atoms. The molecule has 1 aliphatic rings. The number of nitrogens with one attached hydrogen (secondary N) is 1. The van der Waals surface area contributed by atoms with Crippen LogP contribution in [-0.4, -0.2) is 32.6 Å². The van der Waals surface area contributed by atoms with E-state index in [1.807, 2.05) is 4.90 Å². The van der Waals surface area contributed by atoms with Crippen molar-refractivity contribution in [2.24, 2.45) is 11.7 Å². The van der Waals surface area contributed by atoms with E-state index in [-0.39, 0.29) is 5.56 Å². The lowest BCUT2D eigenvalue weighted by molar-refractivity contribution is -0.137. The van der Waals surface area contributed by atoms with Crippen LogP contribution >= 0.6 is 0 Å². The second-order valence-corrected chi connectivity index (χ2v) is 5.20. The molecule has 7 heteroatoms. The van der Waals surface area contributed by atoms with E-state index >= 15 is 0 Å². The number of methoxy groups -OCH3 is 1. The molecule has 4 nitrogen and oxygen atoms in total. The van der Waals surface area contributed by atoms with Crippen molar-refractivity contribution in [3.8, 4) is 0 Å². The fourth-order valence-electron chi connectivity index (χ4n) is 2.64. The number of benzene rings is 1. The molecular weight excluding hydrogens is 283 g/mol. The smallest absolute Gasteiger partial charge is 0.384 e. The number of ether oxygens (including phenoxy) is 1. The molecule has 116 valence electrons. The molecule has 0 bridgehead atoms. The fourth-order valence-corrected chi connectivity index (χ4v) is 2.64. The first kappa shape index (κ1) is 15.6. The summed E-state index contributed by atoms with van der Waals surface area (Å²) in [5, 5.41) is 7.37. The van der Waals surface area contributed by atoms with Gasteiger partial charge in [-0.05, 0) is 24.6 Å². The number of hydrogen-bond donors (Lipinski definition) is 2. The first-order valence-electron chi connectivity index (χ1n) is 6.62. The number of alkyl halides is 3. The lowest BCUT2D eigenvalue weighted by Gasteiger charge is -2.21. The fraction of sp³-hybridized carbons (Fsp3) is 0.500. The van der Waals surface area contributed by atoms with E-state index in [4.69, 9.17) is 15.9 Å². The molecule has 1 unspecified atom stereocenters. The number of hydrogen-bond acceptors (Lipinski definition) is 3. The monoisotopic (exact) mass is 301 g/mol. The molecular formula is C14H18F3N3O. The Balaban J connectivity index is 2.27. The average molecular weight is 301 g/mol. The van der Waals surface area contributed by atoms with Gasteiger partial charge in [-0.15, -0.1) is 0 Å². The molecule has 1 heterocycles. The summed E-state index contributed by atoms with van der Waals surface area (Å²) in [4.78, 5) is 2.00. The van der Waals surface area contributed by atoms with Crippen LogP contribution in [0.3, 0.4) is 0 Å². The van der Waals surface area contributed by atoms with Crippen LogP contribution in [0.15, 0.2) is 18.2 Å². The van der Waals surface area contributed by atoms with E-state index in [0.717, 1.165) is 25.6 Å². The Morgan fingerprint density at radius 2 is 2.19 bits per heavy atom. The lowest BCUT2D eigenvalue weighted by atomic mass is 10.0. The predicted molar refractivity (Wildman–Crippen MR) is 74.7 cm³/mol. The first-order chi connectivity index (χ1) is 9.82. The van der Waals surface area contributed by atoms with Crippen LogP contribution in [0, 0.1) is 11.3 Å². The van der Waals surface area contributed by atoms with Crippen molar-refractivity contribution in [1.82, 2.24) is 0 Å². The highest BCUT2D eigenvalue weighted by molar-refractivity contribution is 5.97. The molecule has 1 aliphatic heterocycles. The number of halogens is 3. The van der Waals surface area contributed by atoms with Crippen molar-refractivity contribution < 1.29 is 17.9 Å². The second-order valence-electron chi connectivity index (χ2n) is 5.20. The van der Waals surface area contributed by atoms with E-state index < -0.39 is 17.6 Å². The predicted octanol–water partition coefficient (Wildman–Crippen LogP) is 2.46. The summed E-state index contributed by atoms with van der Waals surface area (Å²) in [7, 11) is 1.63. The van der Waals surface area contributed by atoms with Gasteiger partial charge in [-0.2, -0.15) is 13.2 Å². The van der Waals surface area contributed by atoms with Crippen molar-refractivity contribution in [2.75, 3.05) is 31.7 Å². The van der Waals surface area contributed by atoms with Gasteiger partial charge in [0.1, 0.15) is 5.84 Å². The van der Waals surface area contributed by atoms with Gasteiger partial charge in [0, 0.05) is 37.4 Å². The first-order valence-corrected chi connectivity index (χ1v) is 6.62. The number of nitrogens with zero attached hydrogens (tertiary/aromatic N) is 1. The van der Waals surface area contributed by atoms with Crippen molar-refractivity contribution in [3.05, 3.63) is 29.3 Å². The van der Waals surface area contributed by atoms with Crippen LogP contribution in [0.5, 0.6) is 0 Å². The number of anilines is 1. The SMILES string of the molecule is COCC1CCN(c2ccc(C(F)(F)F)c(C(=N)N)c2)C1. The summed E-state index contributed by atoms with van der Waals surface area (Å²) in [5.74, 6) is -0.199. The van der Waals surface area contributed by atoms with Gasteiger partial charge in [0.25, 0.3) is 0 Å². The highest BCUT2D eigenvalue weighted by atomic mass is 19.4. The van der Waals surface area contributed by atoms with Crippen LogP contribution in [0.25, 0.3) is 0 Å². The minimum Gasteiger partial charge on any atom is -0.384 e. The number of nitrogens with two attached hydrogens (primary N) is 1. The Kier molecular flexibility index (Phi) is 4.41. The van der Waals surface area contributed by atoms with Crippen LogP contribution < -0.4 is 10.6 Å². The van der Waals surface area contributed by atoms with Crippen LogP contribution in [0.1, 0.15) is 17.5 Å². The summed E-state index contributed by atoms with van der Waals surface area (Å²) in [6.07, 6.45) is -3.58. The molecule has 0 radical (unpaired) electrons. The Hall–Kier alpha value is -1.76. The maximum absolute atomic E-state index is 12.9. The third-order valence-corrected chi connectivity index (χ3v) is 3.65. The minimum atomic E-state index is -4.51. The van der Waals surface area contributed by atoms with Gasteiger partial charge in [-0.3, -0.25) is 5.41 Å². The molecule has 1 aromatic carbocycles. The minimum absolute atomic E-state index is 0.268. The summed E-state index contributed by atoms with van der Waals surface area (Å²) >= 11 is 0. The van der Waals surface area contributed by atoms with Crippen LogP contribution in [0.2, 0.25) is 0 Å². The van der Waals surface area contributed by atoms with Gasteiger partial charge in [0.2, 0.25) is 0 Å². The van der Waals surface area contributed by atoms with Crippen molar-refractivity contribution in [3.63, 3.8) is 0 Å². The molecule has 3 N–H and O–H groups in total. The van der Waals surface area contributed by atoms with Gasteiger partial charge in [0.05, 0.1) is 12.2 Å². The highest BCUT2D eigenvalue weighted by Crippen LogP contribution is 2.34. The molecule has 1 atom stereocenters. The van der Waals surface area contributed by atoms with E-state index in [1.165, 1.54) is 12.1 Å². The zero-order valence-electron chi connectivity index (χ0n) is 11.7.